The summed E-state index contributed by atoms with van der Waals surface area (Å²) in [5, 5.41) is 2.57. The van der Waals surface area contributed by atoms with Gasteiger partial charge in [0.2, 0.25) is 5.91 Å². The lowest BCUT2D eigenvalue weighted by Gasteiger charge is -2.10. The molecule has 0 aliphatic rings. The Kier molecular flexibility index (Phi) is 5.77. The van der Waals surface area contributed by atoms with E-state index in [4.69, 9.17) is 0 Å². The van der Waals surface area contributed by atoms with Gasteiger partial charge in [-0.2, -0.15) is 0 Å². The minimum absolute atomic E-state index is 0.0219. The van der Waals surface area contributed by atoms with Gasteiger partial charge in [-0.05, 0) is 24.6 Å². The third-order valence-corrected chi connectivity index (χ3v) is 3.39. The van der Waals surface area contributed by atoms with Crippen molar-refractivity contribution < 1.29 is 9.18 Å². The van der Waals surface area contributed by atoms with E-state index in [1.165, 1.54) is 23.9 Å². The molecule has 1 atom stereocenters. The summed E-state index contributed by atoms with van der Waals surface area (Å²) in [5.74, 6) is 0.360. The first-order valence-electron chi connectivity index (χ1n) is 5.38. The third kappa shape index (κ3) is 5.04. The van der Waals surface area contributed by atoms with Gasteiger partial charge in [0.15, 0.2) is 0 Å². The second-order valence-electron chi connectivity index (χ2n) is 3.62. The van der Waals surface area contributed by atoms with Crippen LogP contribution in [0.1, 0.15) is 12.5 Å². The molecular weight excluding hydrogens is 237 g/mol. The average Bonchev–Trinajstić information content (AvgIpc) is 2.33. The van der Waals surface area contributed by atoms with Gasteiger partial charge in [-0.1, -0.05) is 18.2 Å². The molecule has 0 fully saturated rings. The highest BCUT2D eigenvalue weighted by molar-refractivity contribution is 7.99. The van der Waals surface area contributed by atoms with Crippen LogP contribution in [0, 0.1) is 5.82 Å². The molecule has 0 saturated heterocycles. The van der Waals surface area contributed by atoms with Crippen molar-refractivity contribution in [3.8, 4) is 0 Å². The van der Waals surface area contributed by atoms with Gasteiger partial charge < -0.3 is 5.32 Å². The van der Waals surface area contributed by atoms with Crippen LogP contribution in [0.25, 0.3) is 0 Å². The number of hydrogen-bond acceptors (Lipinski definition) is 2. The smallest absolute Gasteiger partial charge is 0.233 e. The molecule has 0 bridgehead atoms. The Bertz CT molecular complexity index is 395. The quantitative estimate of drug-likeness (QED) is 0.790. The van der Waals surface area contributed by atoms with Crippen LogP contribution in [0.2, 0.25) is 0 Å². The maximum Gasteiger partial charge on any atom is 0.233 e. The van der Waals surface area contributed by atoms with Gasteiger partial charge in [0.05, 0.1) is 5.25 Å². The van der Waals surface area contributed by atoms with Gasteiger partial charge in [-0.3, -0.25) is 4.79 Å². The zero-order chi connectivity index (χ0) is 12.7. The van der Waals surface area contributed by atoms with Crippen molar-refractivity contribution in [2.24, 2.45) is 0 Å². The second-order valence-corrected chi connectivity index (χ2v) is 4.95. The van der Waals surface area contributed by atoms with Crippen LogP contribution in [0.4, 0.5) is 4.39 Å². The van der Waals surface area contributed by atoms with Crippen LogP contribution in [0.5, 0.6) is 0 Å². The van der Waals surface area contributed by atoms with E-state index in [2.05, 4.69) is 11.9 Å². The number of nitrogens with one attached hydrogen (secondary N) is 1. The van der Waals surface area contributed by atoms with E-state index in [0.717, 1.165) is 5.56 Å². The van der Waals surface area contributed by atoms with E-state index in [1.807, 2.05) is 13.0 Å². The van der Waals surface area contributed by atoms with Gasteiger partial charge in [-0.15, -0.1) is 18.3 Å². The fourth-order valence-corrected chi connectivity index (χ4v) is 2.10. The van der Waals surface area contributed by atoms with Crippen LogP contribution < -0.4 is 5.32 Å². The molecule has 0 heterocycles. The average molecular weight is 253 g/mol. The summed E-state index contributed by atoms with van der Waals surface area (Å²) in [5.41, 5.74) is 0.887. The summed E-state index contributed by atoms with van der Waals surface area (Å²) in [6.45, 7) is 5.84. The lowest BCUT2D eigenvalue weighted by atomic mass is 10.2. The molecule has 0 saturated carbocycles. The topological polar surface area (TPSA) is 29.1 Å². The molecule has 1 aromatic rings. The molecule has 1 N–H and O–H groups in total. The standard InChI is InChI=1S/C13H16FNOS/c1-3-7-15-13(16)10(2)17-9-11-5-4-6-12(14)8-11/h3-6,8,10H,1,7,9H2,2H3,(H,15,16). The van der Waals surface area contributed by atoms with Crippen molar-refractivity contribution in [1.82, 2.24) is 5.32 Å². The largest absolute Gasteiger partial charge is 0.352 e. The highest BCUT2D eigenvalue weighted by atomic mass is 32.2. The Morgan fingerprint density at radius 2 is 2.41 bits per heavy atom. The molecule has 2 nitrogen and oxygen atoms in total. The Morgan fingerprint density at radius 1 is 1.65 bits per heavy atom. The van der Waals surface area contributed by atoms with Gasteiger partial charge in [0.25, 0.3) is 0 Å². The Labute approximate surface area is 105 Å². The molecule has 4 heteroatoms. The lowest BCUT2D eigenvalue weighted by molar-refractivity contribution is -0.120. The van der Waals surface area contributed by atoms with Crippen LogP contribution >= 0.6 is 11.8 Å². The molecule has 0 spiro atoms. The van der Waals surface area contributed by atoms with E-state index in [9.17, 15) is 9.18 Å². The van der Waals surface area contributed by atoms with Crippen molar-refractivity contribution >= 4 is 17.7 Å². The number of carbonyl (C=O) groups is 1. The normalized spacial score (nSPS) is 11.9. The van der Waals surface area contributed by atoms with E-state index in [0.29, 0.717) is 12.3 Å². The van der Waals surface area contributed by atoms with Gasteiger partial charge >= 0.3 is 0 Å². The summed E-state index contributed by atoms with van der Waals surface area (Å²) in [7, 11) is 0. The predicted molar refractivity (Wildman–Crippen MR) is 70.4 cm³/mol. The highest BCUT2D eigenvalue weighted by Crippen LogP contribution is 2.18. The Balaban J connectivity index is 2.39. The first kappa shape index (κ1) is 13.8. The predicted octanol–water partition coefficient (Wildman–Crippen LogP) is 2.75. The zero-order valence-electron chi connectivity index (χ0n) is 9.78. The maximum atomic E-state index is 12.9. The fourth-order valence-electron chi connectivity index (χ4n) is 1.24. The monoisotopic (exact) mass is 253 g/mol. The summed E-state index contributed by atoms with van der Waals surface area (Å²) < 4.78 is 12.9. The van der Waals surface area contributed by atoms with Crippen molar-refractivity contribution in [3.05, 3.63) is 48.3 Å². The van der Waals surface area contributed by atoms with Gasteiger partial charge in [-0.25, -0.2) is 4.39 Å². The van der Waals surface area contributed by atoms with Crippen LogP contribution in [0.3, 0.4) is 0 Å². The zero-order valence-corrected chi connectivity index (χ0v) is 10.6. The van der Waals surface area contributed by atoms with Crippen molar-refractivity contribution in [2.45, 2.75) is 17.9 Å². The summed E-state index contributed by atoms with van der Waals surface area (Å²) >= 11 is 1.48. The van der Waals surface area contributed by atoms with Crippen molar-refractivity contribution in [2.75, 3.05) is 6.54 Å². The molecule has 1 amide bonds. The third-order valence-electron chi connectivity index (χ3n) is 2.18. The van der Waals surface area contributed by atoms with Gasteiger partial charge in [0.1, 0.15) is 5.82 Å². The number of hydrogen-bond donors (Lipinski definition) is 1. The Hall–Kier alpha value is -1.29. The molecule has 0 aromatic heterocycles. The number of amides is 1. The first-order valence-corrected chi connectivity index (χ1v) is 6.43. The second kappa shape index (κ2) is 7.12. The SMILES string of the molecule is C=CCNC(=O)C(C)SCc1cccc(F)c1. The summed E-state index contributed by atoms with van der Waals surface area (Å²) in [6, 6.07) is 6.42. The van der Waals surface area contributed by atoms with Crippen molar-refractivity contribution in [1.29, 1.82) is 0 Å². The molecule has 0 aliphatic carbocycles. The van der Waals surface area contributed by atoms with E-state index in [-0.39, 0.29) is 17.0 Å². The first-order chi connectivity index (χ1) is 8.13. The van der Waals surface area contributed by atoms with Gasteiger partial charge in [0, 0.05) is 12.3 Å². The molecule has 17 heavy (non-hydrogen) atoms. The van der Waals surface area contributed by atoms with E-state index < -0.39 is 0 Å². The fraction of sp³-hybridized carbons (Fsp3) is 0.308. The molecule has 0 radical (unpaired) electrons. The van der Waals surface area contributed by atoms with Crippen LogP contribution in [-0.4, -0.2) is 17.7 Å². The lowest BCUT2D eigenvalue weighted by Crippen LogP contribution is -2.30. The van der Waals surface area contributed by atoms with E-state index >= 15 is 0 Å². The molecule has 1 unspecified atom stereocenters. The van der Waals surface area contributed by atoms with Crippen molar-refractivity contribution in [3.63, 3.8) is 0 Å². The molecule has 92 valence electrons. The number of carbonyl (C=O) groups excluding carboxylic acids is 1. The Morgan fingerprint density at radius 3 is 3.06 bits per heavy atom. The number of benzene rings is 1. The molecule has 1 aromatic carbocycles. The van der Waals surface area contributed by atoms with Crippen LogP contribution in [-0.2, 0) is 10.5 Å². The molecule has 0 aliphatic heterocycles. The summed E-state index contributed by atoms with van der Waals surface area (Å²) in [4.78, 5) is 11.5. The number of thioether (sulfide) groups is 1. The molecule has 1 rings (SSSR count). The van der Waals surface area contributed by atoms with E-state index in [1.54, 1.807) is 12.1 Å². The molecular formula is C13H16FNOS. The number of rotatable bonds is 6. The minimum atomic E-state index is -0.244. The van der Waals surface area contributed by atoms with Crippen LogP contribution in [0.15, 0.2) is 36.9 Å². The highest BCUT2D eigenvalue weighted by Gasteiger charge is 2.12. The summed E-state index contributed by atoms with van der Waals surface area (Å²) in [6.07, 6.45) is 1.64. The number of halogens is 1. The minimum Gasteiger partial charge on any atom is -0.352 e. The maximum absolute atomic E-state index is 12.9.